The van der Waals surface area contributed by atoms with E-state index in [1.54, 1.807) is 5.32 Å². The zero-order valence-electron chi connectivity index (χ0n) is 10.9. The van der Waals surface area contributed by atoms with E-state index >= 15 is 0 Å². The van der Waals surface area contributed by atoms with Crippen LogP contribution in [0.25, 0.3) is 0 Å². The molecule has 2 aromatic rings. The minimum Gasteiger partial charge on any atom is -0.508 e. The van der Waals surface area contributed by atoms with Crippen LogP contribution in [-0.4, -0.2) is 22.2 Å². The van der Waals surface area contributed by atoms with Gasteiger partial charge in [0.1, 0.15) is 11.6 Å². The van der Waals surface area contributed by atoms with Crippen molar-refractivity contribution in [2.45, 2.75) is 12.2 Å². The lowest BCUT2D eigenvalue weighted by Crippen LogP contribution is -2.38. The van der Waals surface area contributed by atoms with Crippen LogP contribution in [0.3, 0.4) is 0 Å². The van der Waals surface area contributed by atoms with Gasteiger partial charge in [-0.1, -0.05) is 6.07 Å². The van der Waals surface area contributed by atoms with Gasteiger partial charge in [-0.05, 0) is 24.3 Å². The number of hydrogen-bond donors (Lipinski definition) is 2. The number of phenols is 1. The highest BCUT2D eigenvalue weighted by Gasteiger charge is 2.43. The highest BCUT2D eigenvalue weighted by molar-refractivity contribution is 5.94. The van der Waals surface area contributed by atoms with Crippen molar-refractivity contribution in [1.29, 1.82) is 0 Å². The van der Waals surface area contributed by atoms with Gasteiger partial charge in [-0.25, -0.2) is 4.39 Å². The SMILES string of the molecule is O=C(NC(c1ccccn1)C(F)(F)F)c1ccc(O)cc1F. The lowest BCUT2D eigenvalue weighted by Gasteiger charge is -2.21. The molecule has 1 heterocycles. The summed E-state index contributed by atoms with van der Waals surface area (Å²) >= 11 is 0. The van der Waals surface area contributed by atoms with Crippen molar-refractivity contribution >= 4 is 5.91 Å². The largest absolute Gasteiger partial charge is 0.508 e. The van der Waals surface area contributed by atoms with Crippen LogP contribution in [0.2, 0.25) is 0 Å². The van der Waals surface area contributed by atoms with Crippen LogP contribution in [0.1, 0.15) is 22.1 Å². The van der Waals surface area contributed by atoms with Crippen molar-refractivity contribution in [2.75, 3.05) is 0 Å². The maximum Gasteiger partial charge on any atom is 0.414 e. The Morgan fingerprint density at radius 1 is 1.23 bits per heavy atom. The predicted octanol–water partition coefficient (Wildman–Crippen LogP) is 2.96. The fourth-order valence-electron chi connectivity index (χ4n) is 1.77. The van der Waals surface area contributed by atoms with E-state index < -0.39 is 40.9 Å². The Hall–Kier alpha value is -2.64. The molecule has 1 unspecified atom stereocenters. The maximum atomic E-state index is 13.5. The van der Waals surface area contributed by atoms with Gasteiger partial charge >= 0.3 is 6.18 Å². The van der Waals surface area contributed by atoms with Gasteiger partial charge in [0.25, 0.3) is 5.91 Å². The smallest absolute Gasteiger partial charge is 0.414 e. The summed E-state index contributed by atoms with van der Waals surface area (Å²) in [5.74, 6) is -2.82. The third-order valence-electron chi connectivity index (χ3n) is 2.78. The number of nitrogens with one attached hydrogen (secondary N) is 1. The quantitative estimate of drug-likeness (QED) is 0.856. The fourth-order valence-corrected chi connectivity index (χ4v) is 1.77. The summed E-state index contributed by atoms with van der Waals surface area (Å²) in [5.41, 5.74) is -1.02. The van der Waals surface area contributed by atoms with Crippen LogP contribution < -0.4 is 5.32 Å². The number of amides is 1. The van der Waals surface area contributed by atoms with Crippen molar-refractivity contribution < 1.29 is 27.5 Å². The number of hydrogen-bond acceptors (Lipinski definition) is 3. The van der Waals surface area contributed by atoms with Crippen LogP contribution in [0.15, 0.2) is 42.6 Å². The highest BCUT2D eigenvalue weighted by Crippen LogP contribution is 2.32. The molecule has 0 radical (unpaired) electrons. The highest BCUT2D eigenvalue weighted by atomic mass is 19.4. The summed E-state index contributed by atoms with van der Waals surface area (Å²) in [6, 6.07) is 4.04. The van der Waals surface area contributed by atoms with Crippen LogP contribution in [0, 0.1) is 5.82 Å². The van der Waals surface area contributed by atoms with E-state index in [2.05, 4.69) is 4.98 Å². The second-order valence-corrected chi connectivity index (χ2v) is 4.37. The summed E-state index contributed by atoms with van der Waals surface area (Å²) in [5, 5.41) is 10.7. The molecule has 0 aliphatic rings. The van der Waals surface area contributed by atoms with E-state index in [9.17, 15) is 22.4 Å². The van der Waals surface area contributed by atoms with Crippen LogP contribution >= 0.6 is 0 Å². The zero-order valence-corrected chi connectivity index (χ0v) is 10.9. The number of pyridine rings is 1. The molecule has 2 N–H and O–H groups in total. The first kappa shape index (κ1) is 15.7. The van der Waals surface area contributed by atoms with E-state index in [0.717, 1.165) is 24.4 Å². The lowest BCUT2D eigenvalue weighted by atomic mass is 10.1. The zero-order chi connectivity index (χ0) is 16.3. The molecule has 0 bridgehead atoms. The maximum absolute atomic E-state index is 13.5. The Balaban J connectivity index is 2.30. The first-order valence-electron chi connectivity index (χ1n) is 6.06. The summed E-state index contributed by atoms with van der Waals surface area (Å²) in [4.78, 5) is 15.4. The predicted molar refractivity (Wildman–Crippen MR) is 68.6 cm³/mol. The number of carbonyl (C=O) groups is 1. The van der Waals surface area contributed by atoms with Gasteiger partial charge in [0, 0.05) is 12.3 Å². The Morgan fingerprint density at radius 2 is 1.95 bits per heavy atom. The summed E-state index contributed by atoms with van der Waals surface area (Å²) in [6.07, 6.45) is -3.64. The molecule has 0 aliphatic carbocycles. The van der Waals surface area contributed by atoms with Crippen LogP contribution in [-0.2, 0) is 0 Å². The van der Waals surface area contributed by atoms with E-state index in [-0.39, 0.29) is 0 Å². The molecule has 4 nitrogen and oxygen atoms in total. The standard InChI is InChI=1S/C14H10F4N2O2/c15-10-7-8(21)4-5-9(10)13(22)20-12(14(16,17)18)11-3-1-2-6-19-11/h1-7,12,21H,(H,20,22). The average molecular weight is 314 g/mol. The molecular formula is C14H10F4N2O2. The number of carbonyl (C=O) groups excluding carboxylic acids is 1. The lowest BCUT2D eigenvalue weighted by molar-refractivity contribution is -0.156. The number of halogens is 4. The normalized spacial score (nSPS) is 12.7. The second-order valence-electron chi connectivity index (χ2n) is 4.37. The van der Waals surface area contributed by atoms with E-state index in [4.69, 9.17) is 5.11 Å². The number of phenolic OH excluding ortho intramolecular Hbond substituents is 1. The molecule has 0 fully saturated rings. The first-order chi connectivity index (χ1) is 10.3. The molecule has 1 aromatic heterocycles. The number of aromatic hydroxyl groups is 1. The Kier molecular flexibility index (Phi) is 4.30. The van der Waals surface area contributed by atoms with Gasteiger partial charge in [0.2, 0.25) is 0 Å². The third-order valence-corrected chi connectivity index (χ3v) is 2.78. The molecule has 0 saturated heterocycles. The topological polar surface area (TPSA) is 62.2 Å². The summed E-state index contributed by atoms with van der Waals surface area (Å²) in [7, 11) is 0. The fraction of sp³-hybridized carbons (Fsp3) is 0.143. The molecule has 22 heavy (non-hydrogen) atoms. The van der Waals surface area contributed by atoms with Crippen molar-refractivity contribution in [1.82, 2.24) is 10.3 Å². The van der Waals surface area contributed by atoms with E-state index in [1.165, 1.54) is 12.1 Å². The average Bonchev–Trinajstić information content (AvgIpc) is 2.44. The van der Waals surface area contributed by atoms with Crippen molar-refractivity contribution in [2.24, 2.45) is 0 Å². The van der Waals surface area contributed by atoms with Gasteiger partial charge in [-0.3, -0.25) is 9.78 Å². The molecule has 1 amide bonds. The van der Waals surface area contributed by atoms with Gasteiger partial charge in [-0.15, -0.1) is 0 Å². The van der Waals surface area contributed by atoms with E-state index in [1.807, 2.05) is 0 Å². The van der Waals surface area contributed by atoms with Crippen molar-refractivity contribution in [3.63, 3.8) is 0 Å². The van der Waals surface area contributed by atoms with E-state index in [0.29, 0.717) is 6.07 Å². The third kappa shape index (κ3) is 3.51. The molecular weight excluding hydrogens is 304 g/mol. The van der Waals surface area contributed by atoms with Crippen molar-refractivity contribution in [3.8, 4) is 5.75 Å². The molecule has 0 aliphatic heterocycles. The number of alkyl halides is 3. The van der Waals surface area contributed by atoms with Crippen molar-refractivity contribution in [3.05, 3.63) is 59.7 Å². The molecule has 0 spiro atoms. The first-order valence-corrected chi connectivity index (χ1v) is 6.06. The number of rotatable bonds is 3. The summed E-state index contributed by atoms with van der Waals surface area (Å²) in [6.45, 7) is 0. The monoisotopic (exact) mass is 314 g/mol. The van der Waals surface area contributed by atoms with Crippen LogP contribution in [0.5, 0.6) is 5.75 Å². The molecule has 1 aromatic carbocycles. The van der Waals surface area contributed by atoms with Gasteiger partial charge in [-0.2, -0.15) is 13.2 Å². The molecule has 0 saturated carbocycles. The number of benzene rings is 1. The number of aromatic nitrogens is 1. The summed E-state index contributed by atoms with van der Waals surface area (Å²) < 4.78 is 52.7. The van der Waals surface area contributed by atoms with Gasteiger partial charge in [0.15, 0.2) is 6.04 Å². The van der Waals surface area contributed by atoms with Gasteiger partial charge < -0.3 is 10.4 Å². The Morgan fingerprint density at radius 3 is 2.50 bits per heavy atom. The van der Waals surface area contributed by atoms with Crippen LogP contribution in [0.4, 0.5) is 17.6 Å². The second kappa shape index (κ2) is 6.00. The molecule has 1 atom stereocenters. The van der Waals surface area contributed by atoms with Gasteiger partial charge in [0.05, 0.1) is 11.3 Å². The number of nitrogens with zero attached hydrogens (tertiary/aromatic N) is 1. The Bertz CT molecular complexity index is 674. The minimum atomic E-state index is -4.79. The molecule has 116 valence electrons. The minimum absolute atomic E-state index is 0.414. The Labute approximate surface area is 122 Å². The molecule has 8 heteroatoms. The molecule has 2 rings (SSSR count).